The predicted molar refractivity (Wildman–Crippen MR) is 74.0 cm³/mol. The van der Waals surface area contributed by atoms with Crippen molar-refractivity contribution in [2.75, 3.05) is 0 Å². The molecule has 0 fully saturated rings. The average Bonchev–Trinajstić information content (AvgIpc) is 2.74. The molecule has 0 saturated carbocycles. The number of carbonyl (C=O) groups is 1. The lowest BCUT2D eigenvalue weighted by Gasteiger charge is -2.21. The Morgan fingerprint density at radius 2 is 1.79 bits per heavy atom. The quantitative estimate of drug-likeness (QED) is 0.900. The molecule has 0 bridgehead atoms. The Morgan fingerprint density at radius 3 is 2.26 bits per heavy atom. The number of benzene rings is 1. The maximum absolute atomic E-state index is 11.3. The summed E-state index contributed by atoms with van der Waals surface area (Å²) in [6.07, 6.45) is 1.42. The van der Waals surface area contributed by atoms with E-state index in [1.54, 1.807) is 4.68 Å². The average molecular weight is 258 g/mol. The highest BCUT2D eigenvalue weighted by Gasteiger charge is 2.27. The van der Waals surface area contributed by atoms with Crippen molar-refractivity contribution in [2.45, 2.75) is 33.1 Å². The molecule has 1 N–H and O–H groups in total. The van der Waals surface area contributed by atoms with Crippen LogP contribution >= 0.6 is 0 Å². The molecule has 19 heavy (non-hydrogen) atoms. The molecule has 0 aliphatic carbocycles. The SMILES string of the molecule is Cc1ccc(-n2ncc(C(=O)O)c2C(C)(C)C)cc1. The number of rotatable bonds is 2. The number of hydrogen-bond donors (Lipinski definition) is 1. The van der Waals surface area contributed by atoms with Crippen molar-refractivity contribution in [1.82, 2.24) is 9.78 Å². The van der Waals surface area contributed by atoms with E-state index in [0.717, 1.165) is 11.3 Å². The van der Waals surface area contributed by atoms with Crippen LogP contribution in [0.15, 0.2) is 30.5 Å². The van der Waals surface area contributed by atoms with Crippen LogP contribution in [0.25, 0.3) is 5.69 Å². The number of carboxylic acid groups (broad SMARTS) is 1. The van der Waals surface area contributed by atoms with Gasteiger partial charge in [0.25, 0.3) is 0 Å². The minimum Gasteiger partial charge on any atom is -0.478 e. The van der Waals surface area contributed by atoms with Gasteiger partial charge in [-0.15, -0.1) is 0 Å². The Bertz CT molecular complexity index is 604. The molecule has 1 heterocycles. The third-order valence-electron chi connectivity index (χ3n) is 2.99. The van der Waals surface area contributed by atoms with Crippen molar-refractivity contribution in [3.05, 3.63) is 47.3 Å². The Labute approximate surface area is 112 Å². The first-order chi connectivity index (χ1) is 8.80. The summed E-state index contributed by atoms with van der Waals surface area (Å²) >= 11 is 0. The topological polar surface area (TPSA) is 55.1 Å². The summed E-state index contributed by atoms with van der Waals surface area (Å²) in [4.78, 5) is 11.3. The van der Waals surface area contributed by atoms with Crippen LogP contribution in [0.1, 0.15) is 42.4 Å². The first-order valence-corrected chi connectivity index (χ1v) is 6.19. The molecule has 0 atom stereocenters. The van der Waals surface area contributed by atoms with E-state index in [4.69, 9.17) is 0 Å². The zero-order chi connectivity index (χ0) is 14.2. The van der Waals surface area contributed by atoms with Gasteiger partial charge in [0.2, 0.25) is 0 Å². The van der Waals surface area contributed by atoms with Gasteiger partial charge < -0.3 is 5.11 Å². The summed E-state index contributed by atoms with van der Waals surface area (Å²) < 4.78 is 1.71. The smallest absolute Gasteiger partial charge is 0.339 e. The molecule has 100 valence electrons. The van der Waals surface area contributed by atoms with Crippen molar-refractivity contribution in [2.24, 2.45) is 0 Å². The van der Waals surface area contributed by atoms with Gasteiger partial charge in [0.15, 0.2) is 0 Å². The standard InChI is InChI=1S/C15H18N2O2/c1-10-5-7-11(8-6-10)17-13(15(2,3)4)12(9-16-17)14(18)19/h5-9H,1-4H3,(H,18,19). The van der Waals surface area contributed by atoms with Crippen LogP contribution < -0.4 is 0 Å². The van der Waals surface area contributed by atoms with Gasteiger partial charge in [0.05, 0.1) is 17.6 Å². The number of nitrogens with zero attached hydrogens (tertiary/aromatic N) is 2. The van der Waals surface area contributed by atoms with Crippen LogP contribution in [0.2, 0.25) is 0 Å². The fourth-order valence-electron chi connectivity index (χ4n) is 2.11. The second-order valence-electron chi connectivity index (χ2n) is 5.71. The minimum atomic E-state index is -0.941. The molecule has 0 spiro atoms. The first-order valence-electron chi connectivity index (χ1n) is 6.19. The van der Waals surface area contributed by atoms with Gasteiger partial charge in [-0.05, 0) is 19.1 Å². The second kappa shape index (κ2) is 4.53. The highest BCUT2D eigenvalue weighted by atomic mass is 16.4. The third-order valence-corrected chi connectivity index (χ3v) is 2.99. The van der Waals surface area contributed by atoms with E-state index in [-0.39, 0.29) is 11.0 Å². The maximum atomic E-state index is 11.3. The summed E-state index contributed by atoms with van der Waals surface area (Å²) in [5, 5.41) is 13.5. The number of aromatic nitrogens is 2. The molecular formula is C15H18N2O2. The largest absolute Gasteiger partial charge is 0.478 e. The molecule has 0 saturated heterocycles. The van der Waals surface area contributed by atoms with Gasteiger partial charge in [-0.3, -0.25) is 0 Å². The van der Waals surface area contributed by atoms with E-state index in [1.807, 2.05) is 52.0 Å². The zero-order valence-electron chi connectivity index (χ0n) is 11.6. The van der Waals surface area contributed by atoms with Crippen LogP contribution in [0.5, 0.6) is 0 Å². The monoisotopic (exact) mass is 258 g/mol. The first kappa shape index (κ1) is 13.3. The molecule has 1 aromatic heterocycles. The molecule has 0 aliphatic rings. The fourth-order valence-corrected chi connectivity index (χ4v) is 2.11. The Morgan fingerprint density at radius 1 is 1.21 bits per heavy atom. The summed E-state index contributed by atoms with van der Waals surface area (Å²) in [5.74, 6) is -0.941. The minimum absolute atomic E-state index is 0.257. The summed E-state index contributed by atoms with van der Waals surface area (Å²) in [6.45, 7) is 7.98. The molecule has 2 rings (SSSR count). The molecule has 0 amide bonds. The van der Waals surface area contributed by atoms with Crippen molar-refractivity contribution in [1.29, 1.82) is 0 Å². The van der Waals surface area contributed by atoms with Crippen molar-refractivity contribution in [3.8, 4) is 5.69 Å². The van der Waals surface area contributed by atoms with Crippen LogP contribution in [0, 0.1) is 6.92 Å². The van der Waals surface area contributed by atoms with Gasteiger partial charge in [0.1, 0.15) is 5.56 Å². The van der Waals surface area contributed by atoms with Gasteiger partial charge >= 0.3 is 5.97 Å². The van der Waals surface area contributed by atoms with Gasteiger partial charge in [-0.2, -0.15) is 5.10 Å². The summed E-state index contributed by atoms with van der Waals surface area (Å²) in [6, 6.07) is 7.88. The molecule has 1 aromatic carbocycles. The third kappa shape index (κ3) is 2.52. The van der Waals surface area contributed by atoms with Gasteiger partial charge in [-0.1, -0.05) is 38.5 Å². The molecule has 0 unspecified atom stereocenters. The highest BCUT2D eigenvalue weighted by molar-refractivity contribution is 5.89. The van der Waals surface area contributed by atoms with Crippen LogP contribution in [-0.2, 0) is 5.41 Å². The normalized spacial score (nSPS) is 11.6. The molecular weight excluding hydrogens is 240 g/mol. The molecule has 4 heteroatoms. The molecule has 4 nitrogen and oxygen atoms in total. The lowest BCUT2D eigenvalue weighted by molar-refractivity contribution is 0.0694. The molecule has 0 aliphatic heterocycles. The van der Waals surface area contributed by atoms with Gasteiger partial charge in [0, 0.05) is 5.41 Å². The van der Waals surface area contributed by atoms with E-state index in [2.05, 4.69) is 5.10 Å². The fraction of sp³-hybridized carbons (Fsp3) is 0.333. The summed E-state index contributed by atoms with van der Waals surface area (Å²) in [5.41, 5.74) is 2.71. The van der Waals surface area contributed by atoms with Crippen molar-refractivity contribution >= 4 is 5.97 Å². The van der Waals surface area contributed by atoms with Crippen molar-refractivity contribution < 1.29 is 9.90 Å². The van der Waals surface area contributed by atoms with Crippen LogP contribution in [0.3, 0.4) is 0 Å². The molecule has 2 aromatic rings. The highest BCUT2D eigenvalue weighted by Crippen LogP contribution is 2.28. The van der Waals surface area contributed by atoms with E-state index in [0.29, 0.717) is 5.69 Å². The lowest BCUT2D eigenvalue weighted by atomic mass is 9.89. The number of aromatic carboxylic acids is 1. The van der Waals surface area contributed by atoms with Gasteiger partial charge in [-0.25, -0.2) is 9.48 Å². The Balaban J connectivity index is 2.64. The Hall–Kier alpha value is -2.10. The Kier molecular flexibility index (Phi) is 3.18. The van der Waals surface area contributed by atoms with Crippen LogP contribution in [0.4, 0.5) is 0 Å². The number of carboxylic acids is 1. The van der Waals surface area contributed by atoms with E-state index >= 15 is 0 Å². The summed E-state index contributed by atoms with van der Waals surface area (Å²) in [7, 11) is 0. The van der Waals surface area contributed by atoms with Crippen LogP contribution in [-0.4, -0.2) is 20.9 Å². The maximum Gasteiger partial charge on any atom is 0.339 e. The van der Waals surface area contributed by atoms with Crippen molar-refractivity contribution in [3.63, 3.8) is 0 Å². The number of aryl methyl sites for hydroxylation is 1. The predicted octanol–water partition coefficient (Wildman–Crippen LogP) is 3.18. The number of hydrogen-bond acceptors (Lipinski definition) is 2. The molecule has 0 radical (unpaired) electrons. The zero-order valence-corrected chi connectivity index (χ0v) is 11.6. The van der Waals surface area contributed by atoms with E-state index in [1.165, 1.54) is 6.20 Å². The second-order valence-corrected chi connectivity index (χ2v) is 5.71. The lowest BCUT2D eigenvalue weighted by Crippen LogP contribution is -2.21. The van der Waals surface area contributed by atoms with E-state index in [9.17, 15) is 9.90 Å². The van der Waals surface area contributed by atoms with E-state index < -0.39 is 5.97 Å².